The minimum atomic E-state index is 0. The molecule has 2 radical (unpaired) electrons. The monoisotopic (exact) mass is 310 g/mol. The minimum absolute atomic E-state index is 0. The van der Waals surface area contributed by atoms with Gasteiger partial charge in [0, 0.05) is 68.3 Å². The Hall–Kier alpha value is 2.74. The van der Waals surface area contributed by atoms with Crippen LogP contribution < -0.4 is 0 Å². The molecule has 0 saturated carbocycles. The molecule has 0 fully saturated rings. The Kier molecular flexibility index (Phi) is 561. The van der Waals surface area contributed by atoms with E-state index >= 15 is 0 Å². The topological polar surface area (TPSA) is 34.1 Å². The summed E-state index contributed by atoms with van der Waals surface area (Å²) >= 11 is 1.22. The average Bonchev–Trinajstić information content (AvgIpc) is 1.50. The Bertz CT molecular complexity index is 18.0. The zero-order valence-corrected chi connectivity index (χ0v) is 11.2. The average molecular weight is 310 g/mol. The molecule has 0 aromatic rings. The van der Waals surface area contributed by atoms with E-state index in [2.05, 4.69) is 0 Å². The van der Waals surface area contributed by atoms with Gasteiger partial charge in [-0.1, -0.05) is 0 Å². The first-order valence-electron chi connectivity index (χ1n) is 0.577. The number of hydrogen-bond acceptors (Lipinski definition) is 2. The standard InChI is InChI=1S/2Al.2Co.2Cr.2O.2H. The van der Waals surface area contributed by atoms with Gasteiger partial charge in [-0.3, -0.25) is 0 Å². The molecule has 0 saturated heterocycles. The summed E-state index contributed by atoms with van der Waals surface area (Å²) in [7, 11) is 0. The molecule has 0 aromatic heterocycles. The van der Waals surface area contributed by atoms with Gasteiger partial charge in [0.2, 0.25) is 0 Å². The van der Waals surface area contributed by atoms with Crippen molar-refractivity contribution in [2.24, 2.45) is 0 Å². The van der Waals surface area contributed by atoms with Crippen molar-refractivity contribution in [1.82, 2.24) is 0 Å². The quantitative estimate of drug-likeness (QED) is 0.508. The van der Waals surface area contributed by atoms with E-state index in [1.807, 2.05) is 0 Å². The second kappa shape index (κ2) is 99.0. The fourth-order valence-electron chi connectivity index (χ4n) is 0. The fraction of sp³-hybridized carbons (Fsp3) is 0. The number of rotatable bonds is 0. The summed E-state index contributed by atoms with van der Waals surface area (Å²) in [5.41, 5.74) is 0. The van der Waals surface area contributed by atoms with E-state index in [4.69, 9.17) is 7.61 Å². The van der Waals surface area contributed by atoms with Gasteiger partial charge in [-0.15, -0.1) is 0 Å². The Balaban J connectivity index is -0.00000000167. The van der Waals surface area contributed by atoms with Crippen LogP contribution in [0, 0.1) is 0 Å². The van der Waals surface area contributed by atoms with E-state index < -0.39 is 0 Å². The third-order valence-corrected chi connectivity index (χ3v) is 0. The molecule has 8 heavy (non-hydrogen) atoms. The molecule has 0 N–H and O–H groups in total. The molecule has 0 aromatic carbocycles. The molecule has 0 amide bonds. The molecule has 8 heteroatoms. The molecule has 0 aliphatic carbocycles. The fourth-order valence-corrected chi connectivity index (χ4v) is 0. The van der Waals surface area contributed by atoms with Gasteiger partial charge in [0.15, 0.2) is 0 Å². The number of hydrogen-bond donors (Lipinski definition) is 0. The van der Waals surface area contributed by atoms with Crippen molar-refractivity contribution in [1.29, 1.82) is 0 Å². The van der Waals surface area contributed by atoms with Crippen LogP contribution in [0.25, 0.3) is 0 Å². The molecule has 0 aliphatic heterocycles. The van der Waals surface area contributed by atoms with Gasteiger partial charge in [0.1, 0.15) is 0 Å². The van der Waals surface area contributed by atoms with Crippen molar-refractivity contribution in [2.75, 3.05) is 0 Å². The van der Waals surface area contributed by atoms with Crippen LogP contribution in [-0.2, 0) is 75.9 Å². The van der Waals surface area contributed by atoms with E-state index in [0.29, 0.717) is 32.4 Å². The van der Waals surface area contributed by atoms with Crippen molar-refractivity contribution in [2.45, 2.75) is 0 Å². The zero-order valence-electron chi connectivity index (χ0n) is 3.71. The van der Waals surface area contributed by atoms with Crippen LogP contribution >= 0.6 is 0 Å². The van der Waals surface area contributed by atoms with Crippen molar-refractivity contribution in [3.8, 4) is 0 Å². The molecular formula is H2Al2Co2Cr2O2. The first-order valence-corrected chi connectivity index (χ1v) is 1.73. The van der Waals surface area contributed by atoms with Crippen LogP contribution in [0.5, 0.6) is 0 Å². The third-order valence-electron chi connectivity index (χ3n) is 0. The van der Waals surface area contributed by atoms with Crippen LogP contribution in [0.2, 0.25) is 0 Å². The van der Waals surface area contributed by atoms with Gasteiger partial charge >= 0.3 is 40.1 Å². The van der Waals surface area contributed by atoms with Crippen LogP contribution in [0.15, 0.2) is 0 Å². The Labute approximate surface area is 107 Å². The van der Waals surface area contributed by atoms with Crippen LogP contribution in [0.3, 0.4) is 0 Å². The summed E-state index contributed by atoms with van der Waals surface area (Å²) in [4.78, 5) is 0. The molecule has 0 rings (SSSR count). The summed E-state index contributed by atoms with van der Waals surface area (Å²) < 4.78 is 16.6. The second-order valence-corrected chi connectivity index (χ2v) is 0. The van der Waals surface area contributed by atoms with Crippen molar-refractivity contribution in [3.05, 3.63) is 0 Å². The molecule has 0 spiro atoms. The van der Waals surface area contributed by atoms with E-state index in [0.717, 1.165) is 0 Å². The SMILES string of the molecule is [Co].[Co].[Cr].[Cr].[O]=[AlH].[O]=[AlH]. The van der Waals surface area contributed by atoms with Gasteiger partial charge < -0.3 is 0 Å². The molecular weight excluding hydrogens is 308 g/mol. The predicted molar refractivity (Wildman–Crippen MR) is 15.7 cm³/mol. The Morgan fingerprint density at radius 3 is 0.625 bits per heavy atom. The van der Waals surface area contributed by atoms with E-state index in [1.54, 1.807) is 0 Å². The normalized spacial score (nSPS) is 0.750. The van der Waals surface area contributed by atoms with Crippen LogP contribution in [0.4, 0.5) is 0 Å². The van der Waals surface area contributed by atoms with Gasteiger partial charge in [-0.05, 0) is 0 Å². The summed E-state index contributed by atoms with van der Waals surface area (Å²) in [6.07, 6.45) is 0. The summed E-state index contributed by atoms with van der Waals surface area (Å²) in [5.74, 6) is 0. The molecule has 0 unspecified atom stereocenters. The Morgan fingerprint density at radius 2 is 0.625 bits per heavy atom. The van der Waals surface area contributed by atoms with Gasteiger partial charge in [-0.2, -0.15) is 0 Å². The third kappa shape index (κ3) is 69.7. The molecule has 0 heterocycles. The van der Waals surface area contributed by atoms with Gasteiger partial charge in [-0.25, -0.2) is 0 Å². The summed E-state index contributed by atoms with van der Waals surface area (Å²) in [6, 6.07) is 0. The van der Waals surface area contributed by atoms with Gasteiger partial charge in [0.25, 0.3) is 0 Å². The first kappa shape index (κ1) is 45.3. The first-order chi connectivity index (χ1) is 2.00. The van der Waals surface area contributed by atoms with E-state index in [-0.39, 0.29) is 68.3 Å². The second-order valence-electron chi connectivity index (χ2n) is 0. The molecule has 2 nitrogen and oxygen atoms in total. The van der Waals surface area contributed by atoms with E-state index in [1.165, 1.54) is 0 Å². The van der Waals surface area contributed by atoms with Crippen molar-refractivity contribution < 1.29 is 75.9 Å². The molecule has 0 atom stereocenters. The van der Waals surface area contributed by atoms with Gasteiger partial charge in [0.05, 0.1) is 0 Å². The predicted octanol–water partition coefficient (Wildman–Crippen LogP) is -1.54. The molecule has 50 valence electrons. The van der Waals surface area contributed by atoms with Crippen LogP contribution in [-0.4, -0.2) is 32.4 Å². The molecule has 0 bridgehead atoms. The van der Waals surface area contributed by atoms with Crippen molar-refractivity contribution >= 4 is 32.4 Å². The maximum absolute atomic E-state index is 8.28. The van der Waals surface area contributed by atoms with Crippen molar-refractivity contribution in [3.63, 3.8) is 0 Å². The zero-order chi connectivity index (χ0) is 4.00. The summed E-state index contributed by atoms with van der Waals surface area (Å²) in [5, 5.41) is 0. The molecule has 0 aliphatic rings. The Morgan fingerprint density at radius 1 is 0.625 bits per heavy atom. The maximum atomic E-state index is 8.28. The summed E-state index contributed by atoms with van der Waals surface area (Å²) in [6.45, 7) is 0. The van der Waals surface area contributed by atoms with Crippen LogP contribution in [0.1, 0.15) is 0 Å². The van der Waals surface area contributed by atoms with E-state index in [9.17, 15) is 0 Å².